The molecule has 0 unspecified atom stereocenters. The standard InChI is InChI=1S/C10H12OS3/c1-13-10(14-2,9(11)12)8-6-4-3-5-7-8/h3-7H,1-2H3,(H,11,12). The highest BCUT2D eigenvalue weighted by molar-refractivity contribution is 8.20. The summed E-state index contributed by atoms with van der Waals surface area (Å²) in [5.74, 6) is 0. The molecule has 0 heterocycles. The predicted molar refractivity (Wildman–Crippen MR) is 69.1 cm³/mol. The van der Waals surface area contributed by atoms with Gasteiger partial charge in [0.05, 0.1) is 0 Å². The molecule has 0 spiro atoms. The zero-order valence-electron chi connectivity index (χ0n) is 8.06. The first-order valence-electron chi connectivity index (χ1n) is 4.06. The topological polar surface area (TPSA) is 17.1 Å². The first-order chi connectivity index (χ1) is 6.67. The van der Waals surface area contributed by atoms with E-state index in [1.165, 1.54) is 23.5 Å². The van der Waals surface area contributed by atoms with Crippen LogP contribution in [-0.2, 0) is 8.87 Å². The smallest absolute Gasteiger partial charge is 0.216 e. The Morgan fingerprint density at radius 1 is 1.21 bits per heavy atom. The maximum Gasteiger partial charge on any atom is 0.216 e. The van der Waals surface area contributed by atoms with E-state index in [1.807, 2.05) is 42.8 Å². The van der Waals surface area contributed by atoms with E-state index in [1.54, 1.807) is 0 Å². The fourth-order valence-corrected chi connectivity index (χ4v) is 3.71. The van der Waals surface area contributed by atoms with Crippen molar-refractivity contribution in [1.82, 2.24) is 0 Å². The summed E-state index contributed by atoms with van der Waals surface area (Å²) in [6.07, 6.45) is 3.86. The second-order valence-corrected chi connectivity index (χ2v) is 5.40. The van der Waals surface area contributed by atoms with E-state index in [9.17, 15) is 4.79 Å². The highest BCUT2D eigenvalue weighted by Crippen LogP contribution is 2.45. The SMILES string of the molecule is CSC(SC)(C(=O)S)c1ccccc1. The molecule has 1 aromatic rings. The molecule has 1 rings (SSSR count). The maximum absolute atomic E-state index is 11.6. The summed E-state index contributed by atoms with van der Waals surface area (Å²) in [6.45, 7) is 0. The summed E-state index contributed by atoms with van der Waals surface area (Å²) in [6, 6.07) is 9.74. The van der Waals surface area contributed by atoms with Crippen molar-refractivity contribution in [2.45, 2.75) is 4.08 Å². The molecule has 0 aromatic heterocycles. The average Bonchev–Trinajstić information content (AvgIpc) is 2.22. The number of thiol groups is 1. The number of hydrogen-bond acceptors (Lipinski definition) is 3. The van der Waals surface area contributed by atoms with E-state index >= 15 is 0 Å². The summed E-state index contributed by atoms with van der Waals surface area (Å²) in [7, 11) is 0. The van der Waals surface area contributed by atoms with Gasteiger partial charge in [0, 0.05) is 0 Å². The summed E-state index contributed by atoms with van der Waals surface area (Å²) in [5.41, 5.74) is 1.00. The van der Waals surface area contributed by atoms with Crippen molar-refractivity contribution < 1.29 is 4.79 Å². The van der Waals surface area contributed by atoms with Crippen LogP contribution < -0.4 is 0 Å². The molecular weight excluding hydrogens is 232 g/mol. The predicted octanol–water partition coefficient (Wildman–Crippen LogP) is 3.02. The van der Waals surface area contributed by atoms with Gasteiger partial charge in [0.2, 0.25) is 5.12 Å². The number of carbonyl (C=O) groups is 1. The van der Waals surface area contributed by atoms with Crippen LogP contribution in [0.25, 0.3) is 0 Å². The van der Waals surface area contributed by atoms with Crippen LogP contribution in [0.5, 0.6) is 0 Å². The van der Waals surface area contributed by atoms with E-state index < -0.39 is 4.08 Å². The Hall–Kier alpha value is -0.0600. The van der Waals surface area contributed by atoms with Gasteiger partial charge >= 0.3 is 0 Å². The Kier molecular flexibility index (Phi) is 4.41. The van der Waals surface area contributed by atoms with Crippen LogP contribution in [0.2, 0.25) is 0 Å². The minimum Gasteiger partial charge on any atom is -0.285 e. The lowest BCUT2D eigenvalue weighted by Gasteiger charge is -2.26. The Bertz CT molecular complexity index is 306. The molecule has 0 saturated heterocycles. The first kappa shape index (κ1) is 12.0. The molecule has 4 heteroatoms. The zero-order valence-corrected chi connectivity index (χ0v) is 10.6. The van der Waals surface area contributed by atoms with Gasteiger partial charge in [-0.15, -0.1) is 36.2 Å². The van der Waals surface area contributed by atoms with Crippen molar-refractivity contribution in [1.29, 1.82) is 0 Å². The van der Waals surface area contributed by atoms with Crippen LogP contribution >= 0.6 is 36.2 Å². The molecule has 1 nitrogen and oxygen atoms in total. The van der Waals surface area contributed by atoms with Crippen LogP contribution in [0.3, 0.4) is 0 Å². The quantitative estimate of drug-likeness (QED) is 0.648. The minimum absolute atomic E-state index is 0.108. The summed E-state index contributed by atoms with van der Waals surface area (Å²) in [4.78, 5) is 11.6. The normalized spacial score (nSPS) is 11.4. The van der Waals surface area contributed by atoms with Crippen molar-refractivity contribution >= 4 is 41.3 Å². The van der Waals surface area contributed by atoms with Gasteiger partial charge in [-0.2, -0.15) is 0 Å². The third-order valence-electron chi connectivity index (χ3n) is 2.01. The summed E-state index contributed by atoms with van der Waals surface area (Å²) >= 11 is 7.00. The Balaban J connectivity index is 3.18. The monoisotopic (exact) mass is 244 g/mol. The Labute approximate surface area is 98.5 Å². The van der Waals surface area contributed by atoms with Crippen molar-refractivity contribution in [2.75, 3.05) is 12.5 Å². The van der Waals surface area contributed by atoms with Crippen LogP contribution in [0, 0.1) is 0 Å². The lowest BCUT2D eigenvalue weighted by atomic mass is 10.1. The summed E-state index contributed by atoms with van der Waals surface area (Å²) in [5, 5.41) is -0.108. The highest BCUT2D eigenvalue weighted by Gasteiger charge is 2.36. The lowest BCUT2D eigenvalue weighted by molar-refractivity contribution is -0.111. The third kappa shape index (κ3) is 2.12. The van der Waals surface area contributed by atoms with E-state index in [-0.39, 0.29) is 5.12 Å². The van der Waals surface area contributed by atoms with E-state index in [2.05, 4.69) is 12.6 Å². The molecule has 0 bridgehead atoms. The van der Waals surface area contributed by atoms with Crippen LogP contribution in [0.15, 0.2) is 30.3 Å². The largest absolute Gasteiger partial charge is 0.285 e. The molecule has 0 radical (unpaired) electrons. The zero-order chi connectivity index (χ0) is 10.6. The van der Waals surface area contributed by atoms with Crippen molar-refractivity contribution in [3.8, 4) is 0 Å². The molecule has 0 aliphatic heterocycles. The first-order valence-corrected chi connectivity index (χ1v) is 6.96. The van der Waals surface area contributed by atoms with E-state index in [0.29, 0.717) is 0 Å². The number of benzene rings is 1. The second-order valence-electron chi connectivity index (χ2n) is 2.70. The molecule has 0 N–H and O–H groups in total. The van der Waals surface area contributed by atoms with Gasteiger partial charge in [-0.1, -0.05) is 30.3 Å². The van der Waals surface area contributed by atoms with Crippen LogP contribution in [0.1, 0.15) is 5.56 Å². The molecule has 0 atom stereocenters. The second kappa shape index (κ2) is 5.14. The molecule has 0 amide bonds. The van der Waals surface area contributed by atoms with Gasteiger partial charge < -0.3 is 0 Å². The summed E-state index contributed by atoms with van der Waals surface area (Å²) < 4.78 is -0.565. The maximum atomic E-state index is 11.6. The fourth-order valence-electron chi connectivity index (χ4n) is 1.27. The van der Waals surface area contributed by atoms with Gasteiger partial charge in [0.1, 0.15) is 0 Å². The van der Waals surface area contributed by atoms with E-state index in [0.717, 1.165) is 5.56 Å². The molecule has 1 aromatic carbocycles. The van der Waals surface area contributed by atoms with Crippen molar-refractivity contribution in [3.05, 3.63) is 35.9 Å². The van der Waals surface area contributed by atoms with Gasteiger partial charge in [-0.25, -0.2) is 0 Å². The van der Waals surface area contributed by atoms with Crippen LogP contribution in [-0.4, -0.2) is 17.6 Å². The molecular formula is C10H12OS3. The number of thioether (sulfide) groups is 2. The average molecular weight is 244 g/mol. The minimum atomic E-state index is -0.565. The van der Waals surface area contributed by atoms with Crippen molar-refractivity contribution in [2.24, 2.45) is 0 Å². The highest BCUT2D eigenvalue weighted by atomic mass is 32.2. The Morgan fingerprint density at radius 2 is 1.71 bits per heavy atom. The molecule has 0 saturated carbocycles. The van der Waals surface area contributed by atoms with Crippen LogP contribution in [0.4, 0.5) is 0 Å². The van der Waals surface area contributed by atoms with Gasteiger partial charge in [0.25, 0.3) is 0 Å². The number of hydrogen-bond donors (Lipinski definition) is 1. The molecule has 0 fully saturated rings. The lowest BCUT2D eigenvalue weighted by Crippen LogP contribution is -2.24. The molecule has 0 aliphatic rings. The molecule has 14 heavy (non-hydrogen) atoms. The van der Waals surface area contributed by atoms with Gasteiger partial charge in [-0.05, 0) is 18.1 Å². The number of rotatable bonds is 4. The molecule has 0 aliphatic carbocycles. The fraction of sp³-hybridized carbons (Fsp3) is 0.300. The number of carbonyl (C=O) groups excluding carboxylic acids is 1. The van der Waals surface area contributed by atoms with E-state index in [4.69, 9.17) is 0 Å². The Morgan fingerprint density at radius 3 is 2.07 bits per heavy atom. The van der Waals surface area contributed by atoms with Gasteiger partial charge in [0.15, 0.2) is 4.08 Å². The third-order valence-corrected chi connectivity index (χ3v) is 5.64. The van der Waals surface area contributed by atoms with Crippen molar-refractivity contribution in [3.63, 3.8) is 0 Å². The molecule has 76 valence electrons. The van der Waals surface area contributed by atoms with Gasteiger partial charge in [-0.3, -0.25) is 4.79 Å².